The van der Waals surface area contributed by atoms with Crippen molar-refractivity contribution in [1.82, 2.24) is 0 Å². The minimum atomic E-state index is -0.414. The van der Waals surface area contributed by atoms with E-state index in [-0.39, 0.29) is 6.17 Å². The topological polar surface area (TPSA) is 15.3 Å². The van der Waals surface area contributed by atoms with Crippen LogP contribution in [0.4, 0.5) is 17.1 Å². The van der Waals surface area contributed by atoms with Crippen LogP contribution in [0.2, 0.25) is 0 Å². The summed E-state index contributed by atoms with van der Waals surface area (Å²) in [6.07, 6.45) is 7.01. The summed E-state index contributed by atoms with van der Waals surface area (Å²) in [5.74, 6) is 0. The summed E-state index contributed by atoms with van der Waals surface area (Å²) in [6, 6.07) is 59.4. The Labute approximate surface area is 304 Å². The zero-order chi connectivity index (χ0) is 34.0. The molecule has 5 aliphatic rings. The fourth-order valence-electron chi connectivity index (χ4n) is 10.2. The van der Waals surface area contributed by atoms with Crippen LogP contribution in [0.3, 0.4) is 0 Å². The third kappa shape index (κ3) is 3.59. The van der Waals surface area contributed by atoms with Gasteiger partial charge in [0.25, 0.3) is 0 Å². The van der Waals surface area contributed by atoms with E-state index >= 15 is 0 Å². The molecule has 3 aliphatic carbocycles. The second kappa shape index (κ2) is 10.3. The summed E-state index contributed by atoms with van der Waals surface area (Å²) >= 11 is 0. The molecule has 2 aliphatic heterocycles. The number of anilines is 3. The minimum Gasteiger partial charge on any atom is -0.360 e. The van der Waals surface area contributed by atoms with Crippen molar-refractivity contribution in [2.75, 3.05) is 10.2 Å². The van der Waals surface area contributed by atoms with Crippen LogP contribution < -0.4 is 10.2 Å². The van der Waals surface area contributed by atoms with Crippen molar-refractivity contribution in [1.29, 1.82) is 0 Å². The monoisotopic (exact) mass is 662 g/mol. The van der Waals surface area contributed by atoms with Crippen molar-refractivity contribution >= 4 is 22.6 Å². The molecule has 0 aromatic heterocycles. The van der Waals surface area contributed by atoms with E-state index in [1.54, 1.807) is 0 Å². The Morgan fingerprint density at radius 2 is 1.06 bits per heavy atom. The quantitative estimate of drug-likeness (QED) is 0.198. The summed E-state index contributed by atoms with van der Waals surface area (Å²) in [4.78, 5) is 2.55. The molecule has 0 fully saturated rings. The maximum Gasteiger partial charge on any atom is 0.127 e. The maximum atomic E-state index is 3.88. The van der Waals surface area contributed by atoms with Gasteiger partial charge < -0.3 is 10.2 Å². The van der Waals surface area contributed by atoms with Crippen LogP contribution in [0.15, 0.2) is 175 Å². The van der Waals surface area contributed by atoms with Crippen LogP contribution in [0.5, 0.6) is 0 Å². The van der Waals surface area contributed by atoms with E-state index < -0.39 is 5.41 Å². The molecule has 7 aromatic carbocycles. The van der Waals surface area contributed by atoms with E-state index in [1.165, 1.54) is 101 Å². The molecule has 0 saturated heterocycles. The highest BCUT2D eigenvalue weighted by atomic mass is 15.3. The van der Waals surface area contributed by atoms with Crippen molar-refractivity contribution in [2.45, 2.75) is 24.4 Å². The lowest BCUT2D eigenvalue weighted by Gasteiger charge is -2.38. The number of rotatable bonds is 2. The molecule has 52 heavy (non-hydrogen) atoms. The number of fused-ring (bicyclic) bond motifs is 17. The molecule has 0 radical (unpaired) electrons. The van der Waals surface area contributed by atoms with Gasteiger partial charge in [0.2, 0.25) is 0 Å². The molecular formula is C50H34N2. The van der Waals surface area contributed by atoms with Gasteiger partial charge in [-0.3, -0.25) is 0 Å². The molecule has 1 N–H and O–H groups in total. The average molecular weight is 663 g/mol. The van der Waals surface area contributed by atoms with Crippen molar-refractivity contribution in [2.24, 2.45) is 0 Å². The first-order valence-corrected chi connectivity index (χ1v) is 18.5. The second-order valence-electron chi connectivity index (χ2n) is 14.8. The molecule has 0 saturated carbocycles. The molecule has 1 atom stereocenters. The first kappa shape index (κ1) is 28.3. The Bertz CT molecular complexity index is 2690. The third-order valence-corrected chi connectivity index (χ3v) is 12.3. The van der Waals surface area contributed by atoms with Gasteiger partial charge in [0, 0.05) is 5.56 Å². The smallest absolute Gasteiger partial charge is 0.127 e. The molecule has 1 unspecified atom stereocenters. The van der Waals surface area contributed by atoms with Gasteiger partial charge in [0.05, 0.1) is 22.5 Å². The van der Waals surface area contributed by atoms with Gasteiger partial charge >= 0.3 is 0 Å². The molecule has 2 heteroatoms. The van der Waals surface area contributed by atoms with E-state index in [1.807, 2.05) is 0 Å². The second-order valence-corrected chi connectivity index (χ2v) is 14.8. The minimum absolute atomic E-state index is 0.142. The average Bonchev–Trinajstić information content (AvgIpc) is 3.85. The lowest BCUT2D eigenvalue weighted by molar-refractivity contribution is 0.783. The number of hydrogen-bond acceptors (Lipinski definition) is 2. The highest BCUT2D eigenvalue weighted by Gasteiger charge is 2.52. The predicted octanol–water partition coefficient (Wildman–Crippen LogP) is 12.4. The lowest BCUT2D eigenvalue weighted by Crippen LogP contribution is -2.37. The highest BCUT2D eigenvalue weighted by molar-refractivity contribution is 6.00. The van der Waals surface area contributed by atoms with Crippen molar-refractivity contribution < 1.29 is 0 Å². The molecule has 0 bridgehead atoms. The largest absolute Gasteiger partial charge is 0.360 e. The van der Waals surface area contributed by atoms with Crippen LogP contribution in [0, 0.1) is 0 Å². The van der Waals surface area contributed by atoms with Crippen LogP contribution in [0.1, 0.15) is 40.7 Å². The Morgan fingerprint density at radius 3 is 1.79 bits per heavy atom. The Morgan fingerprint density at radius 1 is 0.481 bits per heavy atom. The number of nitrogens with one attached hydrogen (secondary N) is 1. The molecule has 0 amide bonds. The van der Waals surface area contributed by atoms with Crippen molar-refractivity contribution in [3.63, 3.8) is 0 Å². The summed E-state index contributed by atoms with van der Waals surface area (Å²) in [5, 5.41) is 3.88. The first-order chi connectivity index (χ1) is 25.8. The van der Waals surface area contributed by atoms with Crippen LogP contribution in [0.25, 0.3) is 50.1 Å². The zero-order valence-corrected chi connectivity index (χ0v) is 28.6. The Hall–Kier alpha value is -6.38. The first-order valence-electron chi connectivity index (χ1n) is 18.5. The molecule has 2 heterocycles. The van der Waals surface area contributed by atoms with Crippen LogP contribution in [-0.2, 0) is 5.41 Å². The number of allylic oxidation sites excluding steroid dienone is 3. The summed E-state index contributed by atoms with van der Waals surface area (Å²) < 4.78 is 0. The summed E-state index contributed by atoms with van der Waals surface area (Å²) in [5.41, 5.74) is 23.3. The predicted molar refractivity (Wildman–Crippen MR) is 215 cm³/mol. The molecule has 7 aromatic rings. The number of benzene rings is 7. The maximum absolute atomic E-state index is 3.88. The molecule has 244 valence electrons. The van der Waals surface area contributed by atoms with Crippen LogP contribution >= 0.6 is 0 Å². The normalized spacial score (nSPS) is 17.4. The number of para-hydroxylation sites is 2. The van der Waals surface area contributed by atoms with Gasteiger partial charge in [0.1, 0.15) is 6.17 Å². The van der Waals surface area contributed by atoms with E-state index in [0.717, 1.165) is 12.8 Å². The summed E-state index contributed by atoms with van der Waals surface area (Å²) in [7, 11) is 0. The van der Waals surface area contributed by atoms with Gasteiger partial charge in [-0.1, -0.05) is 140 Å². The molecule has 1 spiro atoms. The van der Waals surface area contributed by atoms with E-state index in [9.17, 15) is 0 Å². The zero-order valence-electron chi connectivity index (χ0n) is 28.6. The number of nitrogens with zero attached hydrogens (tertiary/aromatic N) is 1. The van der Waals surface area contributed by atoms with Crippen molar-refractivity contribution in [3.8, 4) is 44.5 Å². The fourth-order valence-corrected chi connectivity index (χ4v) is 10.2. The molecular weight excluding hydrogens is 629 g/mol. The highest BCUT2D eigenvalue weighted by Crippen LogP contribution is 2.63. The van der Waals surface area contributed by atoms with Gasteiger partial charge in [-0.2, -0.15) is 0 Å². The SMILES string of the molecule is C1=CC2=C(CC1)C1Nc3ccccc3N1c1cc(-c3ccc4c(c3)C3(c5ccccc5-c5ccccc53)c3cc(-c5ccccc5)ccc3-4)ccc12. The van der Waals surface area contributed by atoms with Gasteiger partial charge in [-0.05, 0) is 121 Å². The van der Waals surface area contributed by atoms with Crippen molar-refractivity contribution in [3.05, 3.63) is 203 Å². The van der Waals surface area contributed by atoms with Gasteiger partial charge in [-0.15, -0.1) is 0 Å². The molecule has 2 nitrogen and oxygen atoms in total. The van der Waals surface area contributed by atoms with Gasteiger partial charge in [0.15, 0.2) is 0 Å². The van der Waals surface area contributed by atoms with E-state index in [2.05, 4.69) is 180 Å². The number of hydrogen-bond donors (Lipinski definition) is 1. The van der Waals surface area contributed by atoms with E-state index in [0.29, 0.717) is 0 Å². The third-order valence-electron chi connectivity index (χ3n) is 12.3. The summed E-state index contributed by atoms with van der Waals surface area (Å²) in [6.45, 7) is 0. The van der Waals surface area contributed by atoms with Crippen LogP contribution in [-0.4, -0.2) is 6.17 Å². The van der Waals surface area contributed by atoms with Gasteiger partial charge in [-0.25, -0.2) is 0 Å². The fraction of sp³-hybridized carbons (Fsp3) is 0.0800. The Balaban J connectivity index is 1.09. The standard InChI is InChI=1S/C50H34N2/c1-2-12-31(13-3-1)32-22-25-38-39-26-23-33(29-45(39)50(44(38)28-32)42-18-8-6-15-36(42)37-16-7-9-19-43(37)50)34-24-27-40-35-14-4-5-17-41(35)49-51-46-20-10-11-21-47(46)52(49)48(40)30-34/h1-4,6-16,18-30,49,51H,5,17H2. The van der Waals surface area contributed by atoms with E-state index in [4.69, 9.17) is 0 Å². The molecule has 12 rings (SSSR count). The Kier molecular flexibility index (Phi) is 5.63. The lowest BCUT2D eigenvalue weighted by atomic mass is 9.70.